The van der Waals surface area contributed by atoms with E-state index in [-0.39, 0.29) is 0 Å². The van der Waals surface area contributed by atoms with Gasteiger partial charge in [-0.2, -0.15) is 0 Å². The third kappa shape index (κ3) is 23.5. The SMILES string of the molecule is CCCCCCCCCCCCCCCCCCN1C=CN(Cc2ccccc2)C1CCCCCCCCCCCCCCCCC. The van der Waals surface area contributed by atoms with E-state index >= 15 is 0 Å². The summed E-state index contributed by atoms with van der Waals surface area (Å²) in [6.45, 7) is 6.88. The Morgan fingerprint density at radius 3 is 1.13 bits per heavy atom. The van der Waals surface area contributed by atoms with Crippen molar-refractivity contribution < 1.29 is 0 Å². The van der Waals surface area contributed by atoms with Gasteiger partial charge in [-0.15, -0.1) is 0 Å². The van der Waals surface area contributed by atoms with Gasteiger partial charge in [-0.25, -0.2) is 0 Å². The molecule has 272 valence electrons. The van der Waals surface area contributed by atoms with Gasteiger partial charge in [-0.1, -0.05) is 230 Å². The Morgan fingerprint density at radius 1 is 0.383 bits per heavy atom. The molecule has 0 bridgehead atoms. The molecule has 47 heavy (non-hydrogen) atoms. The summed E-state index contributed by atoms with van der Waals surface area (Å²) in [5, 5.41) is 0. The highest BCUT2D eigenvalue weighted by molar-refractivity contribution is 5.16. The zero-order valence-electron chi connectivity index (χ0n) is 32.1. The Kier molecular flexibility index (Phi) is 28.2. The summed E-state index contributed by atoms with van der Waals surface area (Å²) in [5.41, 5.74) is 1.43. The molecule has 0 saturated carbocycles. The van der Waals surface area contributed by atoms with E-state index in [1.807, 2.05) is 0 Å². The fourth-order valence-corrected chi connectivity index (χ4v) is 7.61. The van der Waals surface area contributed by atoms with Gasteiger partial charge < -0.3 is 9.80 Å². The Labute approximate surface area is 295 Å². The number of nitrogens with zero attached hydrogens (tertiary/aromatic N) is 2. The highest BCUT2D eigenvalue weighted by Crippen LogP contribution is 2.25. The monoisotopic (exact) mass is 651 g/mol. The van der Waals surface area contributed by atoms with Gasteiger partial charge >= 0.3 is 0 Å². The van der Waals surface area contributed by atoms with E-state index in [0.29, 0.717) is 6.17 Å². The fraction of sp³-hybridized carbons (Fsp3) is 0.822. The fourth-order valence-electron chi connectivity index (χ4n) is 7.61. The molecule has 1 aromatic rings. The summed E-state index contributed by atoms with van der Waals surface area (Å²) in [6, 6.07) is 11.1. The second kappa shape index (κ2) is 31.8. The van der Waals surface area contributed by atoms with Gasteiger partial charge in [0.1, 0.15) is 6.17 Å². The van der Waals surface area contributed by atoms with Crippen molar-refractivity contribution >= 4 is 0 Å². The molecule has 1 aliphatic rings. The molecule has 2 heteroatoms. The lowest BCUT2D eigenvalue weighted by Crippen LogP contribution is -2.38. The maximum absolute atomic E-state index is 2.68. The molecule has 0 N–H and O–H groups in total. The highest BCUT2D eigenvalue weighted by atomic mass is 15.4. The summed E-state index contributed by atoms with van der Waals surface area (Å²) in [6.07, 6.45) is 51.3. The van der Waals surface area contributed by atoms with Gasteiger partial charge in [-0.3, -0.25) is 0 Å². The van der Waals surface area contributed by atoms with Crippen molar-refractivity contribution in [2.45, 2.75) is 232 Å². The third-order valence-electron chi connectivity index (χ3n) is 10.8. The lowest BCUT2D eigenvalue weighted by Gasteiger charge is -2.33. The lowest BCUT2D eigenvalue weighted by molar-refractivity contribution is 0.132. The molecule has 2 nitrogen and oxygen atoms in total. The smallest absolute Gasteiger partial charge is 0.101 e. The van der Waals surface area contributed by atoms with Crippen LogP contribution in [0.5, 0.6) is 0 Å². The Balaban J connectivity index is 1.50. The molecule has 0 amide bonds. The highest BCUT2D eigenvalue weighted by Gasteiger charge is 2.25. The second-order valence-corrected chi connectivity index (χ2v) is 15.2. The van der Waals surface area contributed by atoms with Crippen molar-refractivity contribution in [3.8, 4) is 0 Å². The van der Waals surface area contributed by atoms with Gasteiger partial charge in [0.15, 0.2) is 0 Å². The first-order valence-electron chi connectivity index (χ1n) is 21.6. The van der Waals surface area contributed by atoms with Crippen molar-refractivity contribution in [3.05, 3.63) is 48.3 Å². The molecule has 1 heterocycles. The number of unbranched alkanes of at least 4 members (excludes halogenated alkanes) is 29. The zero-order chi connectivity index (χ0) is 33.3. The molecule has 0 spiro atoms. The summed E-state index contributed by atoms with van der Waals surface area (Å²) in [4.78, 5) is 5.29. The van der Waals surface area contributed by atoms with E-state index in [4.69, 9.17) is 0 Å². The second-order valence-electron chi connectivity index (χ2n) is 15.2. The summed E-state index contributed by atoms with van der Waals surface area (Å²) in [7, 11) is 0. The first-order valence-corrected chi connectivity index (χ1v) is 21.6. The summed E-state index contributed by atoms with van der Waals surface area (Å²) >= 11 is 0. The minimum absolute atomic E-state index is 0.550. The van der Waals surface area contributed by atoms with Crippen LogP contribution in [0.2, 0.25) is 0 Å². The van der Waals surface area contributed by atoms with Crippen LogP contribution in [0.3, 0.4) is 0 Å². The molecule has 0 fully saturated rings. The van der Waals surface area contributed by atoms with E-state index in [0.717, 1.165) is 6.54 Å². The lowest BCUT2D eigenvalue weighted by atomic mass is 10.0. The topological polar surface area (TPSA) is 6.48 Å². The summed E-state index contributed by atoms with van der Waals surface area (Å²) < 4.78 is 0. The van der Waals surface area contributed by atoms with Gasteiger partial charge in [0.2, 0.25) is 0 Å². The quantitative estimate of drug-likeness (QED) is 0.0675. The van der Waals surface area contributed by atoms with Crippen molar-refractivity contribution in [1.82, 2.24) is 9.80 Å². The van der Waals surface area contributed by atoms with Crippen molar-refractivity contribution in [2.24, 2.45) is 0 Å². The molecule has 1 unspecified atom stereocenters. The Morgan fingerprint density at radius 2 is 0.723 bits per heavy atom. The van der Waals surface area contributed by atoms with Crippen LogP contribution in [-0.2, 0) is 6.54 Å². The average Bonchev–Trinajstić information content (AvgIpc) is 3.47. The number of hydrogen-bond donors (Lipinski definition) is 0. The van der Waals surface area contributed by atoms with Crippen LogP contribution in [0.25, 0.3) is 0 Å². The van der Waals surface area contributed by atoms with Gasteiger partial charge in [0.25, 0.3) is 0 Å². The molecule has 1 aliphatic heterocycles. The van der Waals surface area contributed by atoms with Crippen LogP contribution in [0.15, 0.2) is 42.7 Å². The van der Waals surface area contributed by atoms with Crippen LogP contribution in [0.1, 0.15) is 225 Å². The van der Waals surface area contributed by atoms with Crippen molar-refractivity contribution in [2.75, 3.05) is 6.54 Å². The molecule has 0 aliphatic carbocycles. The molecular formula is C45H82N2. The van der Waals surface area contributed by atoms with Crippen molar-refractivity contribution in [3.63, 3.8) is 0 Å². The third-order valence-corrected chi connectivity index (χ3v) is 10.8. The molecule has 0 saturated heterocycles. The van der Waals surface area contributed by atoms with Crippen molar-refractivity contribution in [1.29, 1.82) is 0 Å². The largest absolute Gasteiger partial charge is 0.356 e. The first-order chi connectivity index (χ1) is 23.3. The Hall–Kier alpha value is -1.44. The number of rotatable bonds is 35. The molecular weight excluding hydrogens is 569 g/mol. The average molecular weight is 651 g/mol. The standard InChI is InChI=1S/C45H82N2/c1-3-5-7-9-11-13-15-17-19-21-23-25-27-29-31-36-40-46-41-42-47(43-44-37-33-32-34-38-44)45(46)39-35-30-28-26-24-22-20-18-16-14-12-10-8-6-4-2/h32-34,37-38,41-42,45H,3-31,35-36,39-40,43H2,1-2H3. The van der Waals surface area contributed by atoms with Gasteiger partial charge in [0, 0.05) is 25.5 Å². The minimum atomic E-state index is 0.550. The molecule has 1 atom stereocenters. The first kappa shape index (κ1) is 41.7. The van der Waals surface area contributed by atoms with Crippen LogP contribution in [0.4, 0.5) is 0 Å². The molecule has 2 rings (SSSR count). The van der Waals surface area contributed by atoms with Crippen LogP contribution in [-0.4, -0.2) is 22.5 Å². The van der Waals surface area contributed by atoms with E-state index in [9.17, 15) is 0 Å². The number of benzene rings is 1. The van der Waals surface area contributed by atoms with E-state index < -0.39 is 0 Å². The van der Waals surface area contributed by atoms with E-state index in [1.54, 1.807) is 0 Å². The predicted octanol–water partition coefficient (Wildman–Crippen LogP) is 15.1. The predicted molar refractivity (Wildman–Crippen MR) is 211 cm³/mol. The Bertz CT molecular complexity index is 788. The minimum Gasteiger partial charge on any atom is -0.356 e. The van der Waals surface area contributed by atoms with Crippen LogP contribution in [0, 0.1) is 0 Å². The molecule has 1 aromatic carbocycles. The van der Waals surface area contributed by atoms with E-state index in [2.05, 4.69) is 66.4 Å². The normalized spacial score (nSPS) is 14.6. The summed E-state index contributed by atoms with van der Waals surface area (Å²) in [5.74, 6) is 0. The zero-order valence-corrected chi connectivity index (χ0v) is 32.1. The maximum atomic E-state index is 2.68. The van der Waals surface area contributed by atoms with Crippen LogP contribution >= 0.6 is 0 Å². The molecule has 0 radical (unpaired) electrons. The van der Waals surface area contributed by atoms with E-state index in [1.165, 1.54) is 218 Å². The van der Waals surface area contributed by atoms with Gasteiger partial charge in [0.05, 0.1) is 0 Å². The number of hydrogen-bond acceptors (Lipinski definition) is 2. The van der Waals surface area contributed by atoms with Crippen LogP contribution < -0.4 is 0 Å². The van der Waals surface area contributed by atoms with Gasteiger partial charge in [-0.05, 0) is 24.8 Å². The maximum Gasteiger partial charge on any atom is 0.101 e. The molecule has 0 aromatic heterocycles.